The van der Waals surface area contributed by atoms with Crippen molar-refractivity contribution in [2.45, 2.75) is 36.0 Å². The molecule has 22 nitrogen and oxygen atoms in total. The van der Waals surface area contributed by atoms with E-state index in [1.165, 1.54) is 36.4 Å². The molecule has 10 N–H and O–H groups in total. The Bertz CT molecular complexity index is 2790. The van der Waals surface area contributed by atoms with Crippen LogP contribution in [-0.2, 0) is 29.8 Å². The summed E-state index contributed by atoms with van der Waals surface area (Å²) >= 11 is 0. The fourth-order valence-corrected chi connectivity index (χ4v) is 7.24. The molecule has 0 radical (unpaired) electrons. The minimum absolute atomic E-state index is 0.0266. The van der Waals surface area contributed by atoms with E-state index < -0.39 is 54.2 Å². The number of benzene rings is 4. The number of para-hydroxylation sites is 2. The molecule has 356 valence electrons. The number of rotatable bonds is 22. The lowest BCUT2D eigenvalue weighted by Crippen LogP contribution is -2.34. The molecule has 0 spiro atoms. The Balaban J connectivity index is 1.24. The zero-order valence-electron chi connectivity index (χ0n) is 36.0. The third-order valence-electron chi connectivity index (χ3n) is 9.01. The first kappa shape index (κ1) is 49.5. The van der Waals surface area contributed by atoms with Gasteiger partial charge in [-0.2, -0.15) is 46.7 Å². The van der Waals surface area contributed by atoms with E-state index in [0.717, 1.165) is 26.0 Å². The Morgan fingerprint density at radius 3 is 1.15 bits per heavy atom. The van der Waals surface area contributed by atoms with Crippen molar-refractivity contribution in [2.75, 3.05) is 58.1 Å². The van der Waals surface area contributed by atoms with Crippen LogP contribution in [-0.4, -0.2) is 106 Å². The highest BCUT2D eigenvalue weighted by Gasteiger charge is 2.20. The Labute approximate surface area is 388 Å². The van der Waals surface area contributed by atoms with E-state index >= 15 is 0 Å². The van der Waals surface area contributed by atoms with Crippen LogP contribution in [0.2, 0.25) is 0 Å². The lowest BCUT2D eigenvalue weighted by molar-refractivity contribution is -0.125. The molecular formula is C42H44F2N14O8S2. The van der Waals surface area contributed by atoms with E-state index in [1.807, 2.05) is 12.1 Å². The molecule has 2 heterocycles. The van der Waals surface area contributed by atoms with Gasteiger partial charge in [0.25, 0.3) is 32.1 Å². The summed E-state index contributed by atoms with van der Waals surface area (Å²) in [6.07, 6.45) is -0.986. The largest absolute Gasteiger partial charge is 0.352 e. The molecule has 0 aliphatic carbocycles. The third-order valence-corrected chi connectivity index (χ3v) is 10.8. The first-order valence-electron chi connectivity index (χ1n) is 20.3. The van der Waals surface area contributed by atoms with E-state index in [0.29, 0.717) is 11.4 Å². The predicted octanol–water partition coefficient (Wildman–Crippen LogP) is 5.47. The number of anilines is 10. The molecule has 2 aromatic heterocycles. The topological polar surface area (TPSA) is 316 Å². The molecule has 0 saturated carbocycles. The molecule has 0 fully saturated rings. The summed E-state index contributed by atoms with van der Waals surface area (Å²) in [7, 11) is -9.86. The van der Waals surface area contributed by atoms with Gasteiger partial charge in [-0.1, -0.05) is 60.7 Å². The standard InChI is InChI=1S/C42H44F2N14O8S2/c1-25(43)35(59)45-19-21-47-37-53-39(49-29-9-5-3-6-10-29)57-41(55-37)51-31-17-15-27(33(23-31)67(61,62)63)13-14-28-16-18-32(24-34(28)68(64,65)66)52-42-56-38(48-22-20-46-36(60)26(2)44)54-40(58-42)50-30-11-7-4-8-12-30/h3-18,23-26H,19-22H2,1-2H3,(H,45,59)(H,46,60)(H,61,62,63)(H,64,65,66)(H3,47,49,51,53,55,57)(H3,48,50,52,54,56,58)/b14-13+. The van der Waals surface area contributed by atoms with Crippen molar-refractivity contribution in [3.8, 4) is 0 Å². The number of aromatic nitrogens is 6. The van der Waals surface area contributed by atoms with Crippen molar-refractivity contribution in [2.24, 2.45) is 0 Å². The zero-order chi connectivity index (χ0) is 48.8. The predicted molar refractivity (Wildman–Crippen MR) is 251 cm³/mol. The molecule has 68 heavy (non-hydrogen) atoms. The van der Waals surface area contributed by atoms with Crippen LogP contribution in [0.5, 0.6) is 0 Å². The number of nitrogens with one attached hydrogen (secondary N) is 8. The summed E-state index contributed by atoms with van der Waals surface area (Å²) in [5.74, 6) is -1.57. The Hall–Kier alpha value is -7.94. The molecule has 4 aromatic carbocycles. The first-order valence-corrected chi connectivity index (χ1v) is 23.2. The maximum Gasteiger partial charge on any atom is 0.295 e. The van der Waals surface area contributed by atoms with Gasteiger partial charge in [0.1, 0.15) is 9.79 Å². The van der Waals surface area contributed by atoms with Gasteiger partial charge in [0.15, 0.2) is 12.3 Å². The van der Waals surface area contributed by atoms with Crippen LogP contribution in [0.4, 0.5) is 67.2 Å². The SMILES string of the molecule is CC(F)C(=O)NCCNc1nc(Nc2ccccc2)nc(Nc2ccc(/C=C/c3ccc(Nc4nc(NCCNC(=O)C(C)F)nc(Nc5ccccc5)n4)cc3S(=O)(=O)O)c(S(=O)(=O)O)c2)n1. The molecule has 6 aromatic rings. The summed E-state index contributed by atoms with van der Waals surface area (Å²) in [4.78, 5) is 48.0. The lowest BCUT2D eigenvalue weighted by Gasteiger charge is -2.13. The number of hydrogen-bond acceptors (Lipinski definition) is 18. The van der Waals surface area contributed by atoms with Crippen molar-refractivity contribution in [3.63, 3.8) is 0 Å². The van der Waals surface area contributed by atoms with E-state index in [4.69, 9.17) is 0 Å². The number of carbonyl (C=O) groups is 2. The van der Waals surface area contributed by atoms with Gasteiger partial charge in [-0.15, -0.1) is 0 Å². The summed E-state index contributed by atoms with van der Waals surface area (Å²) < 4.78 is 98.0. The van der Waals surface area contributed by atoms with Crippen LogP contribution in [0, 0.1) is 0 Å². The fourth-order valence-electron chi connectivity index (χ4n) is 5.82. The fraction of sp³-hybridized carbons (Fsp3) is 0.190. The van der Waals surface area contributed by atoms with Crippen molar-refractivity contribution < 1.29 is 44.3 Å². The van der Waals surface area contributed by atoms with E-state index in [1.54, 1.807) is 48.5 Å². The quantitative estimate of drug-likeness (QED) is 0.0229. The van der Waals surface area contributed by atoms with E-state index in [-0.39, 0.29) is 84.4 Å². The minimum atomic E-state index is -4.93. The number of hydrogen-bond donors (Lipinski definition) is 10. The number of halogens is 2. The van der Waals surface area contributed by atoms with Gasteiger partial charge in [0, 0.05) is 48.9 Å². The summed E-state index contributed by atoms with van der Waals surface area (Å²) in [6, 6.07) is 25.4. The average Bonchev–Trinajstić information content (AvgIpc) is 3.28. The number of nitrogens with zero attached hydrogens (tertiary/aromatic N) is 6. The van der Waals surface area contributed by atoms with Crippen LogP contribution in [0.3, 0.4) is 0 Å². The van der Waals surface area contributed by atoms with Gasteiger partial charge in [-0.25, -0.2) is 8.78 Å². The van der Waals surface area contributed by atoms with Gasteiger partial charge >= 0.3 is 0 Å². The molecule has 2 unspecified atom stereocenters. The van der Waals surface area contributed by atoms with Gasteiger partial charge in [-0.05, 0) is 73.5 Å². The van der Waals surface area contributed by atoms with Gasteiger partial charge in [0.05, 0.1) is 0 Å². The third kappa shape index (κ3) is 14.8. The van der Waals surface area contributed by atoms with Crippen LogP contribution < -0.4 is 42.5 Å². The second-order valence-electron chi connectivity index (χ2n) is 14.3. The van der Waals surface area contributed by atoms with E-state index in [2.05, 4.69) is 72.4 Å². The van der Waals surface area contributed by atoms with Crippen LogP contribution in [0.1, 0.15) is 25.0 Å². The Kier molecular flexibility index (Phi) is 16.4. The highest BCUT2D eigenvalue weighted by molar-refractivity contribution is 7.86. The molecule has 2 amide bonds. The highest BCUT2D eigenvalue weighted by Crippen LogP contribution is 2.29. The summed E-state index contributed by atoms with van der Waals surface area (Å²) in [6.45, 7) is 2.47. The van der Waals surface area contributed by atoms with Crippen molar-refractivity contribution >= 4 is 103 Å². The van der Waals surface area contributed by atoms with Crippen molar-refractivity contribution in [1.82, 2.24) is 40.5 Å². The van der Waals surface area contributed by atoms with E-state index in [9.17, 15) is 44.3 Å². The van der Waals surface area contributed by atoms with Crippen molar-refractivity contribution in [1.29, 1.82) is 0 Å². The maximum atomic E-state index is 13.3. The zero-order valence-corrected chi connectivity index (χ0v) is 37.6. The monoisotopic (exact) mass is 974 g/mol. The number of alkyl halides is 2. The Morgan fingerprint density at radius 2 is 0.824 bits per heavy atom. The maximum absolute atomic E-state index is 13.3. The van der Waals surface area contributed by atoms with Gasteiger partial charge in [0.2, 0.25) is 35.7 Å². The molecule has 0 aliphatic heterocycles. The molecule has 0 aliphatic rings. The Morgan fingerprint density at radius 1 is 0.500 bits per heavy atom. The van der Waals surface area contributed by atoms with Crippen LogP contribution in [0.15, 0.2) is 107 Å². The van der Waals surface area contributed by atoms with Crippen LogP contribution >= 0.6 is 0 Å². The smallest absolute Gasteiger partial charge is 0.295 e. The summed E-state index contributed by atoms with van der Waals surface area (Å²) in [5, 5.41) is 22.4. The van der Waals surface area contributed by atoms with Crippen molar-refractivity contribution in [3.05, 3.63) is 108 Å². The average molecular weight is 975 g/mol. The lowest BCUT2D eigenvalue weighted by atomic mass is 10.1. The molecular weight excluding hydrogens is 931 g/mol. The molecule has 6 rings (SSSR count). The van der Waals surface area contributed by atoms with Gasteiger partial charge < -0.3 is 42.5 Å². The normalized spacial score (nSPS) is 12.4. The number of carbonyl (C=O) groups excluding carboxylic acids is 2. The molecule has 0 saturated heterocycles. The number of amides is 2. The molecule has 2 atom stereocenters. The second kappa shape index (κ2) is 22.5. The molecule has 0 bridgehead atoms. The van der Waals surface area contributed by atoms with Gasteiger partial charge in [-0.3, -0.25) is 18.7 Å². The minimum Gasteiger partial charge on any atom is -0.352 e. The summed E-state index contributed by atoms with van der Waals surface area (Å²) in [5.41, 5.74) is 1.25. The van der Waals surface area contributed by atoms with Crippen LogP contribution in [0.25, 0.3) is 12.2 Å². The second-order valence-corrected chi connectivity index (χ2v) is 17.1. The molecule has 26 heteroatoms. The first-order chi connectivity index (χ1) is 32.4. The highest BCUT2D eigenvalue weighted by atomic mass is 32.2.